The van der Waals surface area contributed by atoms with E-state index in [1.54, 1.807) is 84.9 Å². The molecule has 0 radical (unpaired) electrons. The molecule has 1 heterocycles. The second kappa shape index (κ2) is 11.9. The predicted molar refractivity (Wildman–Crippen MR) is 151 cm³/mol. The molecule has 0 aliphatic carbocycles. The summed E-state index contributed by atoms with van der Waals surface area (Å²) in [7, 11) is 1.63. The number of nitrogens with one attached hydrogen (secondary N) is 4. The molecule has 0 unspecified atom stereocenters. The zero-order valence-electron chi connectivity index (χ0n) is 21.7. The van der Waals surface area contributed by atoms with Crippen LogP contribution in [-0.2, 0) is 16.1 Å². The number of ketones is 1. The molecule has 0 saturated heterocycles. The van der Waals surface area contributed by atoms with Crippen LogP contribution in [0, 0.1) is 5.41 Å². The highest BCUT2D eigenvalue weighted by atomic mass is 16.4. The molecule has 3 aromatic carbocycles. The molecule has 11 nitrogen and oxygen atoms in total. The van der Waals surface area contributed by atoms with Crippen molar-refractivity contribution in [3.63, 3.8) is 0 Å². The van der Waals surface area contributed by atoms with Crippen LogP contribution in [0.1, 0.15) is 37.5 Å². The van der Waals surface area contributed by atoms with Gasteiger partial charge in [0.05, 0.1) is 17.8 Å². The standard InChI is InChI=1S/C29H28N6O5/c1-35(16-24(36)33-15-25(37)38)23-12-11-19-20(26(23)27(39)22-6-3-13-32-22)4-2-5-21(19)29(40)34-14-17-7-9-18(10-8-17)28(30)31/h2-13,32H,14-16H2,1H3,(H3,30,31)(H,33,36)(H,34,40)(H,37,38). The zero-order valence-corrected chi connectivity index (χ0v) is 21.7. The normalized spacial score (nSPS) is 10.6. The van der Waals surface area contributed by atoms with E-state index in [1.165, 1.54) is 0 Å². The lowest BCUT2D eigenvalue weighted by atomic mass is 9.94. The molecular formula is C29H28N6O5. The minimum Gasteiger partial charge on any atom is -0.480 e. The van der Waals surface area contributed by atoms with Crippen LogP contribution in [0.2, 0.25) is 0 Å². The zero-order chi connectivity index (χ0) is 28.8. The molecule has 40 heavy (non-hydrogen) atoms. The summed E-state index contributed by atoms with van der Waals surface area (Å²) < 4.78 is 0. The minimum absolute atomic E-state index is 0.0399. The number of hydrogen-bond donors (Lipinski definition) is 6. The van der Waals surface area contributed by atoms with E-state index < -0.39 is 18.4 Å². The third-order valence-electron chi connectivity index (χ3n) is 6.30. The Hall–Kier alpha value is -5.45. The third-order valence-corrected chi connectivity index (χ3v) is 6.30. The van der Waals surface area contributed by atoms with Crippen molar-refractivity contribution in [3.05, 3.63) is 101 Å². The maximum Gasteiger partial charge on any atom is 0.322 e. The SMILES string of the molecule is CN(CC(=O)NCC(=O)O)c1ccc2c(C(=O)NCc3ccc(C(=N)N)cc3)cccc2c1C(=O)c1ccc[nH]1. The lowest BCUT2D eigenvalue weighted by Gasteiger charge is -2.23. The molecule has 4 aromatic rings. The Morgan fingerprint density at radius 1 is 0.950 bits per heavy atom. The fourth-order valence-electron chi connectivity index (χ4n) is 4.32. The number of carboxylic acids is 1. The van der Waals surface area contributed by atoms with E-state index in [9.17, 15) is 19.2 Å². The van der Waals surface area contributed by atoms with Gasteiger partial charge in [-0.05, 0) is 40.6 Å². The molecular weight excluding hydrogens is 512 g/mol. The smallest absolute Gasteiger partial charge is 0.322 e. The number of amides is 2. The van der Waals surface area contributed by atoms with E-state index in [1.807, 2.05) is 0 Å². The second-order valence-corrected chi connectivity index (χ2v) is 9.09. The van der Waals surface area contributed by atoms with Gasteiger partial charge in [0.2, 0.25) is 11.7 Å². The highest BCUT2D eigenvalue weighted by Crippen LogP contribution is 2.32. The molecule has 0 aliphatic heterocycles. The average molecular weight is 541 g/mol. The first-order chi connectivity index (χ1) is 19.2. The van der Waals surface area contributed by atoms with E-state index in [-0.39, 0.29) is 30.6 Å². The van der Waals surface area contributed by atoms with E-state index in [4.69, 9.17) is 16.2 Å². The van der Waals surface area contributed by atoms with Crippen LogP contribution in [-0.4, -0.2) is 59.6 Å². The number of nitrogens with two attached hydrogens (primary N) is 1. The number of H-pyrrole nitrogens is 1. The van der Waals surface area contributed by atoms with Crippen molar-refractivity contribution in [1.82, 2.24) is 15.6 Å². The number of benzene rings is 3. The molecule has 1 aromatic heterocycles. The van der Waals surface area contributed by atoms with Gasteiger partial charge in [0, 0.05) is 36.6 Å². The van der Waals surface area contributed by atoms with Crippen molar-refractivity contribution < 1.29 is 24.3 Å². The molecule has 7 N–H and O–H groups in total. The van der Waals surface area contributed by atoms with Crippen LogP contribution in [0.4, 0.5) is 5.69 Å². The number of carbonyl (C=O) groups excluding carboxylic acids is 3. The number of fused-ring (bicyclic) bond motifs is 1. The van der Waals surface area contributed by atoms with E-state index >= 15 is 0 Å². The summed E-state index contributed by atoms with van der Waals surface area (Å²) in [6.45, 7) is -0.460. The molecule has 0 fully saturated rings. The number of carboxylic acid groups (broad SMARTS) is 1. The summed E-state index contributed by atoms with van der Waals surface area (Å²) in [6, 6.07) is 18.8. The topological polar surface area (TPSA) is 181 Å². The summed E-state index contributed by atoms with van der Waals surface area (Å²) in [5.74, 6) is -2.39. The third kappa shape index (κ3) is 6.16. The average Bonchev–Trinajstić information content (AvgIpc) is 3.49. The summed E-state index contributed by atoms with van der Waals surface area (Å²) in [5.41, 5.74) is 8.35. The fourth-order valence-corrected chi connectivity index (χ4v) is 4.32. The van der Waals surface area contributed by atoms with Crippen molar-refractivity contribution in [3.8, 4) is 0 Å². The lowest BCUT2D eigenvalue weighted by molar-refractivity contribution is -0.137. The molecule has 11 heteroatoms. The van der Waals surface area contributed by atoms with Gasteiger partial charge in [0.15, 0.2) is 0 Å². The minimum atomic E-state index is -1.16. The van der Waals surface area contributed by atoms with E-state index in [0.717, 1.165) is 5.56 Å². The Morgan fingerprint density at radius 3 is 2.35 bits per heavy atom. The molecule has 0 atom stereocenters. The van der Waals surface area contributed by atoms with Gasteiger partial charge in [0.1, 0.15) is 12.4 Å². The van der Waals surface area contributed by atoms with Gasteiger partial charge < -0.3 is 31.4 Å². The number of aromatic nitrogens is 1. The monoisotopic (exact) mass is 540 g/mol. The van der Waals surface area contributed by atoms with Crippen molar-refractivity contribution in [2.75, 3.05) is 25.0 Å². The van der Waals surface area contributed by atoms with Gasteiger partial charge in [-0.3, -0.25) is 24.6 Å². The number of anilines is 1. The Balaban J connectivity index is 1.67. The van der Waals surface area contributed by atoms with Crippen molar-refractivity contribution in [2.24, 2.45) is 5.73 Å². The number of aromatic amines is 1. The van der Waals surface area contributed by atoms with Crippen LogP contribution in [0.3, 0.4) is 0 Å². The van der Waals surface area contributed by atoms with E-state index in [2.05, 4.69) is 15.6 Å². The molecule has 4 rings (SSSR count). The maximum atomic E-state index is 13.7. The molecule has 0 spiro atoms. The number of likely N-dealkylation sites (N-methyl/N-ethyl adjacent to an activating group) is 1. The van der Waals surface area contributed by atoms with Crippen LogP contribution < -0.4 is 21.3 Å². The largest absolute Gasteiger partial charge is 0.480 e. The Bertz CT molecular complexity index is 1600. The number of nitrogens with zero attached hydrogens (tertiary/aromatic N) is 1. The Morgan fingerprint density at radius 2 is 1.70 bits per heavy atom. The van der Waals surface area contributed by atoms with Crippen molar-refractivity contribution in [1.29, 1.82) is 5.41 Å². The summed E-state index contributed by atoms with van der Waals surface area (Å²) in [6.07, 6.45) is 1.63. The first kappa shape index (κ1) is 27.6. The van der Waals surface area contributed by atoms with Crippen LogP contribution >= 0.6 is 0 Å². The molecule has 204 valence electrons. The number of hydrogen-bond acceptors (Lipinski definition) is 6. The van der Waals surface area contributed by atoms with Crippen molar-refractivity contribution in [2.45, 2.75) is 6.54 Å². The Kier molecular flexibility index (Phi) is 8.24. The fraction of sp³-hybridized carbons (Fsp3) is 0.138. The molecule has 0 aliphatic rings. The van der Waals surface area contributed by atoms with Gasteiger partial charge in [0.25, 0.3) is 5.91 Å². The molecule has 0 bridgehead atoms. The van der Waals surface area contributed by atoms with Gasteiger partial charge in [-0.1, -0.05) is 42.5 Å². The van der Waals surface area contributed by atoms with Crippen LogP contribution in [0.25, 0.3) is 10.8 Å². The van der Waals surface area contributed by atoms with Gasteiger partial charge in [-0.15, -0.1) is 0 Å². The quantitative estimate of drug-likeness (QED) is 0.0958. The lowest BCUT2D eigenvalue weighted by Crippen LogP contribution is -2.38. The maximum absolute atomic E-state index is 13.7. The number of rotatable bonds is 11. The number of nitrogen functional groups attached to an aromatic ring is 1. The first-order valence-corrected chi connectivity index (χ1v) is 12.3. The van der Waals surface area contributed by atoms with Crippen LogP contribution in [0.5, 0.6) is 0 Å². The molecule has 0 saturated carbocycles. The number of aliphatic carboxylic acids is 1. The van der Waals surface area contributed by atoms with Gasteiger partial charge >= 0.3 is 5.97 Å². The summed E-state index contributed by atoms with van der Waals surface area (Å²) in [5, 5.41) is 22.6. The first-order valence-electron chi connectivity index (χ1n) is 12.3. The number of carbonyl (C=O) groups is 4. The second-order valence-electron chi connectivity index (χ2n) is 9.09. The van der Waals surface area contributed by atoms with Gasteiger partial charge in [-0.25, -0.2) is 0 Å². The Labute approximate surface area is 229 Å². The van der Waals surface area contributed by atoms with E-state index in [0.29, 0.717) is 38.8 Å². The van der Waals surface area contributed by atoms with Crippen LogP contribution in [0.15, 0.2) is 72.9 Å². The predicted octanol–water partition coefficient (Wildman–Crippen LogP) is 2.25. The highest BCUT2D eigenvalue weighted by molar-refractivity contribution is 6.21. The summed E-state index contributed by atoms with van der Waals surface area (Å²) >= 11 is 0. The molecule has 2 amide bonds. The van der Waals surface area contributed by atoms with Gasteiger partial charge in [-0.2, -0.15) is 0 Å². The highest BCUT2D eigenvalue weighted by Gasteiger charge is 2.23. The van der Waals surface area contributed by atoms with Crippen molar-refractivity contribution >= 4 is 45.9 Å². The number of amidine groups is 1. The summed E-state index contributed by atoms with van der Waals surface area (Å²) in [4.78, 5) is 54.5.